The molecule has 1 heterocycles. The molecule has 1 aromatic heterocycles. The number of nitrogens with one attached hydrogen (secondary N) is 1. The molecule has 0 aliphatic carbocycles. The van der Waals surface area contributed by atoms with E-state index < -0.39 is 0 Å². The molecule has 5 heteroatoms. The van der Waals surface area contributed by atoms with E-state index in [1.807, 2.05) is 45.0 Å². The lowest BCUT2D eigenvalue weighted by Crippen LogP contribution is -2.16. The molecule has 4 nitrogen and oxygen atoms in total. The van der Waals surface area contributed by atoms with Gasteiger partial charge in [0.2, 0.25) is 0 Å². The first-order valence-electron chi connectivity index (χ1n) is 5.96. The van der Waals surface area contributed by atoms with E-state index in [0.29, 0.717) is 10.8 Å². The van der Waals surface area contributed by atoms with Crippen LogP contribution in [0.2, 0.25) is 0 Å². The van der Waals surface area contributed by atoms with Crippen LogP contribution in [0.15, 0.2) is 24.3 Å². The van der Waals surface area contributed by atoms with Gasteiger partial charge < -0.3 is 11.1 Å². The molecule has 3 N–H and O–H groups in total. The number of benzene rings is 1. The monoisotopic (exact) mass is 272 g/mol. The Morgan fingerprint density at radius 2 is 1.95 bits per heavy atom. The quantitative estimate of drug-likeness (QED) is 0.841. The van der Waals surface area contributed by atoms with Crippen LogP contribution in [0.4, 0.5) is 11.5 Å². The summed E-state index contributed by atoms with van der Waals surface area (Å²) in [6.45, 7) is 5.87. The van der Waals surface area contributed by atoms with Gasteiger partial charge in [-0.15, -0.1) is 5.10 Å². The van der Waals surface area contributed by atoms with Crippen LogP contribution in [0.5, 0.6) is 0 Å². The van der Waals surface area contributed by atoms with Crippen molar-refractivity contribution in [1.82, 2.24) is 10.2 Å². The summed E-state index contributed by atoms with van der Waals surface area (Å²) >= 11 is 5.11. The summed E-state index contributed by atoms with van der Waals surface area (Å²) in [4.78, 5) is 0.325. The molecule has 0 atom stereocenters. The molecule has 0 aliphatic rings. The minimum Gasteiger partial charge on any atom is -0.389 e. The van der Waals surface area contributed by atoms with Gasteiger partial charge in [0.25, 0.3) is 0 Å². The first-order valence-corrected chi connectivity index (χ1v) is 6.37. The highest BCUT2D eigenvalue weighted by Crippen LogP contribution is 2.22. The van der Waals surface area contributed by atoms with Crippen molar-refractivity contribution in [1.29, 1.82) is 0 Å². The predicted molar refractivity (Wildman–Crippen MR) is 81.9 cm³/mol. The van der Waals surface area contributed by atoms with Crippen molar-refractivity contribution in [2.24, 2.45) is 5.73 Å². The lowest BCUT2D eigenvalue weighted by molar-refractivity contribution is 0.963. The van der Waals surface area contributed by atoms with Crippen molar-refractivity contribution < 1.29 is 0 Å². The highest BCUT2D eigenvalue weighted by atomic mass is 32.1. The van der Waals surface area contributed by atoms with E-state index in [0.717, 1.165) is 22.5 Å². The average molecular weight is 272 g/mol. The Labute approximate surface area is 118 Å². The third-order valence-electron chi connectivity index (χ3n) is 2.98. The molecule has 0 amide bonds. The van der Waals surface area contributed by atoms with E-state index in [-0.39, 0.29) is 0 Å². The highest BCUT2D eigenvalue weighted by Gasteiger charge is 2.13. The minimum absolute atomic E-state index is 0.325. The molecule has 2 aromatic rings. The van der Waals surface area contributed by atoms with E-state index in [9.17, 15) is 0 Å². The van der Waals surface area contributed by atoms with Gasteiger partial charge in [-0.1, -0.05) is 24.4 Å². The van der Waals surface area contributed by atoms with Gasteiger partial charge in [-0.2, -0.15) is 5.10 Å². The topological polar surface area (TPSA) is 63.8 Å². The van der Waals surface area contributed by atoms with Crippen LogP contribution in [0.1, 0.15) is 22.4 Å². The van der Waals surface area contributed by atoms with Crippen LogP contribution in [0.25, 0.3) is 0 Å². The summed E-state index contributed by atoms with van der Waals surface area (Å²) in [5, 5.41) is 11.5. The van der Waals surface area contributed by atoms with E-state index >= 15 is 0 Å². The number of hydrogen-bond acceptors (Lipinski definition) is 4. The van der Waals surface area contributed by atoms with Crippen LogP contribution < -0.4 is 11.1 Å². The SMILES string of the molecule is Cc1cccc(Nc2nnc(C)c(C)c2C(N)=S)c1. The van der Waals surface area contributed by atoms with Crippen LogP contribution >= 0.6 is 12.2 Å². The molecular weight excluding hydrogens is 256 g/mol. The summed E-state index contributed by atoms with van der Waals surface area (Å²) in [6, 6.07) is 8.01. The second-order valence-electron chi connectivity index (χ2n) is 4.49. The van der Waals surface area contributed by atoms with Gasteiger partial charge >= 0.3 is 0 Å². The molecule has 0 fully saturated rings. The Morgan fingerprint density at radius 3 is 2.58 bits per heavy atom. The Hall–Kier alpha value is -2.01. The van der Waals surface area contributed by atoms with Gasteiger partial charge in [0.15, 0.2) is 5.82 Å². The molecular formula is C14H16N4S. The number of nitrogens with zero attached hydrogens (tertiary/aromatic N) is 2. The molecule has 0 saturated heterocycles. The second-order valence-corrected chi connectivity index (χ2v) is 4.93. The van der Waals surface area contributed by atoms with Crippen LogP contribution in [0.3, 0.4) is 0 Å². The number of nitrogens with two attached hydrogens (primary N) is 1. The molecule has 0 radical (unpaired) electrons. The zero-order chi connectivity index (χ0) is 14.0. The lowest BCUT2D eigenvalue weighted by Gasteiger charge is -2.13. The lowest BCUT2D eigenvalue weighted by atomic mass is 10.1. The number of aryl methyl sites for hydroxylation is 2. The smallest absolute Gasteiger partial charge is 0.163 e. The van der Waals surface area contributed by atoms with E-state index in [1.54, 1.807) is 0 Å². The first-order chi connectivity index (χ1) is 8.99. The number of hydrogen-bond donors (Lipinski definition) is 2. The summed E-state index contributed by atoms with van der Waals surface area (Å²) in [5.74, 6) is 0.598. The van der Waals surface area contributed by atoms with Crippen molar-refractivity contribution in [3.63, 3.8) is 0 Å². The molecule has 0 saturated carbocycles. The zero-order valence-corrected chi connectivity index (χ0v) is 12.0. The zero-order valence-electron chi connectivity index (χ0n) is 11.2. The summed E-state index contributed by atoms with van der Waals surface area (Å²) in [5.41, 5.74) is 10.4. The fraction of sp³-hybridized carbons (Fsp3) is 0.214. The van der Waals surface area contributed by atoms with Gasteiger partial charge in [-0.3, -0.25) is 0 Å². The largest absolute Gasteiger partial charge is 0.389 e. The fourth-order valence-electron chi connectivity index (χ4n) is 1.86. The molecule has 0 aliphatic heterocycles. The minimum atomic E-state index is 0.325. The first kappa shape index (κ1) is 13.4. The highest BCUT2D eigenvalue weighted by molar-refractivity contribution is 7.80. The normalized spacial score (nSPS) is 10.3. The van der Waals surface area contributed by atoms with E-state index in [1.165, 1.54) is 5.56 Å². The Bertz CT molecular complexity index is 637. The summed E-state index contributed by atoms with van der Waals surface area (Å²) in [7, 11) is 0. The maximum Gasteiger partial charge on any atom is 0.163 e. The van der Waals surface area contributed by atoms with Gasteiger partial charge in [-0.05, 0) is 44.0 Å². The summed E-state index contributed by atoms with van der Waals surface area (Å²) in [6.07, 6.45) is 0. The Balaban J connectivity index is 2.46. The van der Waals surface area contributed by atoms with Gasteiger partial charge in [0.1, 0.15) is 4.99 Å². The molecule has 0 spiro atoms. The number of rotatable bonds is 3. The van der Waals surface area contributed by atoms with Crippen molar-refractivity contribution >= 4 is 28.7 Å². The molecule has 98 valence electrons. The van der Waals surface area contributed by atoms with Crippen molar-refractivity contribution in [2.75, 3.05) is 5.32 Å². The van der Waals surface area contributed by atoms with Crippen LogP contribution in [-0.4, -0.2) is 15.2 Å². The van der Waals surface area contributed by atoms with Crippen LogP contribution in [0, 0.1) is 20.8 Å². The molecule has 0 unspecified atom stereocenters. The maximum atomic E-state index is 5.79. The molecule has 0 bridgehead atoms. The van der Waals surface area contributed by atoms with Gasteiger partial charge in [0.05, 0.1) is 11.3 Å². The fourth-order valence-corrected chi connectivity index (χ4v) is 2.11. The standard InChI is InChI=1S/C14H16N4S/c1-8-5-4-6-11(7-8)16-14-12(13(15)19)9(2)10(3)17-18-14/h4-7H,1-3H3,(H2,15,19)(H,16,18). The van der Waals surface area contributed by atoms with Crippen molar-refractivity contribution in [2.45, 2.75) is 20.8 Å². The number of thiocarbonyl (C=S) groups is 1. The van der Waals surface area contributed by atoms with E-state index in [2.05, 4.69) is 15.5 Å². The van der Waals surface area contributed by atoms with Crippen molar-refractivity contribution in [3.8, 4) is 0 Å². The van der Waals surface area contributed by atoms with Gasteiger partial charge in [-0.25, -0.2) is 0 Å². The average Bonchev–Trinajstić information content (AvgIpc) is 2.33. The number of anilines is 2. The van der Waals surface area contributed by atoms with E-state index in [4.69, 9.17) is 18.0 Å². The third kappa shape index (κ3) is 2.88. The van der Waals surface area contributed by atoms with Crippen LogP contribution in [-0.2, 0) is 0 Å². The second kappa shape index (κ2) is 5.32. The summed E-state index contributed by atoms with van der Waals surface area (Å²) < 4.78 is 0. The molecule has 1 aromatic carbocycles. The number of aromatic nitrogens is 2. The molecule has 2 rings (SSSR count). The maximum absolute atomic E-state index is 5.79. The third-order valence-corrected chi connectivity index (χ3v) is 3.19. The predicted octanol–water partition coefficient (Wildman–Crippen LogP) is 2.78. The van der Waals surface area contributed by atoms with Crippen molar-refractivity contribution in [3.05, 3.63) is 46.6 Å². The Kier molecular flexibility index (Phi) is 3.76. The van der Waals surface area contributed by atoms with Gasteiger partial charge in [0, 0.05) is 5.69 Å². The Morgan fingerprint density at radius 1 is 1.21 bits per heavy atom. The molecule has 19 heavy (non-hydrogen) atoms.